The molecule has 1 aromatic rings. The SMILES string of the molecule is CN(C(=O)C1CC1)c1ccccc1C(=O)NC1CCN(C2CC2)CC1. The van der Waals surface area contributed by atoms with Gasteiger partial charge in [-0.2, -0.15) is 0 Å². The summed E-state index contributed by atoms with van der Waals surface area (Å²) in [4.78, 5) is 29.4. The van der Waals surface area contributed by atoms with Gasteiger partial charge in [0.1, 0.15) is 0 Å². The second-order valence-electron chi connectivity index (χ2n) is 7.70. The summed E-state index contributed by atoms with van der Waals surface area (Å²) < 4.78 is 0. The number of nitrogens with zero attached hydrogens (tertiary/aromatic N) is 2. The molecule has 134 valence electrons. The van der Waals surface area contributed by atoms with Crippen LogP contribution >= 0.6 is 0 Å². The first-order valence-corrected chi connectivity index (χ1v) is 9.55. The van der Waals surface area contributed by atoms with Gasteiger partial charge >= 0.3 is 0 Å². The number of para-hydroxylation sites is 1. The summed E-state index contributed by atoms with van der Waals surface area (Å²) in [5.41, 5.74) is 1.32. The highest BCUT2D eigenvalue weighted by atomic mass is 16.2. The van der Waals surface area contributed by atoms with Crippen molar-refractivity contribution in [3.05, 3.63) is 29.8 Å². The molecule has 0 spiro atoms. The Hall–Kier alpha value is -1.88. The molecule has 0 unspecified atom stereocenters. The van der Waals surface area contributed by atoms with Crippen molar-refractivity contribution in [2.45, 2.75) is 50.6 Å². The molecule has 2 aliphatic carbocycles. The maximum Gasteiger partial charge on any atom is 0.253 e. The van der Waals surface area contributed by atoms with Gasteiger partial charge in [-0.15, -0.1) is 0 Å². The van der Waals surface area contributed by atoms with Crippen LogP contribution in [0.3, 0.4) is 0 Å². The van der Waals surface area contributed by atoms with Gasteiger partial charge in [0.15, 0.2) is 0 Å². The van der Waals surface area contributed by atoms with Gasteiger partial charge in [0.2, 0.25) is 5.91 Å². The Morgan fingerprint density at radius 3 is 2.36 bits per heavy atom. The first-order chi connectivity index (χ1) is 12.1. The Balaban J connectivity index is 1.40. The van der Waals surface area contributed by atoms with Gasteiger partial charge in [-0.25, -0.2) is 0 Å². The molecular weight excluding hydrogens is 314 g/mol. The van der Waals surface area contributed by atoms with Gasteiger partial charge in [0, 0.05) is 38.1 Å². The molecular formula is C20H27N3O2. The number of nitrogens with one attached hydrogen (secondary N) is 1. The minimum Gasteiger partial charge on any atom is -0.349 e. The molecule has 0 radical (unpaired) electrons. The van der Waals surface area contributed by atoms with Crippen molar-refractivity contribution in [1.82, 2.24) is 10.2 Å². The van der Waals surface area contributed by atoms with Crippen LogP contribution in [-0.4, -0.2) is 48.9 Å². The lowest BCUT2D eigenvalue weighted by Crippen LogP contribution is -2.45. The Morgan fingerprint density at radius 2 is 1.72 bits per heavy atom. The Labute approximate surface area is 149 Å². The second-order valence-corrected chi connectivity index (χ2v) is 7.70. The van der Waals surface area contributed by atoms with Gasteiger partial charge in [0.25, 0.3) is 5.91 Å². The molecule has 1 N–H and O–H groups in total. The van der Waals surface area contributed by atoms with Crippen LogP contribution in [0, 0.1) is 5.92 Å². The third-order valence-corrected chi connectivity index (χ3v) is 5.70. The zero-order valence-corrected chi connectivity index (χ0v) is 14.9. The normalized spacial score (nSPS) is 21.8. The number of carbonyl (C=O) groups excluding carboxylic acids is 2. The monoisotopic (exact) mass is 341 g/mol. The van der Waals surface area contributed by atoms with E-state index in [1.807, 2.05) is 24.3 Å². The van der Waals surface area contributed by atoms with E-state index in [0.29, 0.717) is 11.3 Å². The van der Waals surface area contributed by atoms with Crippen molar-refractivity contribution in [2.24, 2.45) is 5.92 Å². The van der Waals surface area contributed by atoms with Crippen LogP contribution < -0.4 is 10.2 Å². The van der Waals surface area contributed by atoms with Crippen molar-refractivity contribution in [3.8, 4) is 0 Å². The number of likely N-dealkylation sites (tertiary alicyclic amines) is 1. The van der Waals surface area contributed by atoms with Gasteiger partial charge in [-0.3, -0.25) is 9.59 Å². The molecule has 1 saturated heterocycles. The maximum atomic E-state index is 12.8. The molecule has 0 bridgehead atoms. The third kappa shape index (κ3) is 3.71. The van der Waals surface area contributed by atoms with Crippen LogP contribution in [-0.2, 0) is 4.79 Å². The highest BCUT2D eigenvalue weighted by molar-refractivity contribution is 6.05. The van der Waals surface area contributed by atoms with E-state index in [2.05, 4.69) is 10.2 Å². The quantitative estimate of drug-likeness (QED) is 0.895. The molecule has 3 aliphatic rings. The highest BCUT2D eigenvalue weighted by Gasteiger charge is 2.34. The number of hydrogen-bond acceptors (Lipinski definition) is 3. The van der Waals surface area contributed by atoms with E-state index in [9.17, 15) is 9.59 Å². The Morgan fingerprint density at radius 1 is 1.04 bits per heavy atom. The number of hydrogen-bond donors (Lipinski definition) is 1. The number of benzene rings is 1. The predicted molar refractivity (Wildman–Crippen MR) is 97.7 cm³/mol. The first-order valence-electron chi connectivity index (χ1n) is 9.55. The summed E-state index contributed by atoms with van der Waals surface area (Å²) in [6, 6.07) is 8.48. The highest BCUT2D eigenvalue weighted by Crippen LogP contribution is 2.33. The van der Waals surface area contributed by atoms with Crippen LogP contribution in [0.5, 0.6) is 0 Å². The fraction of sp³-hybridized carbons (Fsp3) is 0.600. The van der Waals surface area contributed by atoms with E-state index in [4.69, 9.17) is 0 Å². The zero-order valence-electron chi connectivity index (χ0n) is 14.9. The van der Waals surface area contributed by atoms with E-state index in [1.54, 1.807) is 11.9 Å². The second kappa shape index (κ2) is 6.79. The summed E-state index contributed by atoms with van der Waals surface area (Å²) in [6.45, 7) is 2.16. The largest absolute Gasteiger partial charge is 0.349 e. The summed E-state index contributed by atoms with van der Waals surface area (Å²) in [5, 5.41) is 3.19. The maximum absolute atomic E-state index is 12.8. The molecule has 1 heterocycles. The number of anilines is 1. The minimum absolute atomic E-state index is 0.0593. The first kappa shape index (κ1) is 16.6. The standard InChI is InChI=1S/C20H27N3O2/c1-22(20(25)14-6-7-14)18-5-3-2-4-17(18)19(24)21-15-10-12-23(13-11-15)16-8-9-16/h2-5,14-16H,6-13H2,1H3,(H,21,24). The number of amides is 2. The topological polar surface area (TPSA) is 52.7 Å². The fourth-order valence-corrected chi connectivity index (χ4v) is 3.79. The molecule has 3 fully saturated rings. The van der Waals surface area contributed by atoms with Crippen LogP contribution in [0.15, 0.2) is 24.3 Å². The van der Waals surface area contributed by atoms with E-state index in [1.165, 1.54) is 12.8 Å². The van der Waals surface area contributed by atoms with Crippen LogP contribution in [0.1, 0.15) is 48.9 Å². The molecule has 4 rings (SSSR count). The molecule has 5 heteroatoms. The molecule has 0 atom stereocenters. The van der Waals surface area contributed by atoms with Crippen LogP contribution in [0.4, 0.5) is 5.69 Å². The lowest BCUT2D eigenvalue weighted by molar-refractivity contribution is -0.119. The van der Waals surface area contributed by atoms with Crippen molar-refractivity contribution in [2.75, 3.05) is 25.0 Å². The van der Waals surface area contributed by atoms with Crippen molar-refractivity contribution >= 4 is 17.5 Å². The summed E-state index contributed by atoms with van der Waals surface area (Å²) >= 11 is 0. The van der Waals surface area contributed by atoms with E-state index in [-0.39, 0.29) is 23.8 Å². The smallest absolute Gasteiger partial charge is 0.253 e. The van der Waals surface area contributed by atoms with Crippen LogP contribution in [0.25, 0.3) is 0 Å². The van der Waals surface area contributed by atoms with Gasteiger partial charge in [-0.05, 0) is 50.7 Å². The molecule has 2 amide bonds. The van der Waals surface area contributed by atoms with E-state index < -0.39 is 0 Å². The number of carbonyl (C=O) groups is 2. The predicted octanol–water partition coefficient (Wildman–Crippen LogP) is 2.42. The summed E-state index contributed by atoms with van der Waals surface area (Å²) in [6.07, 6.45) is 6.65. The van der Waals surface area contributed by atoms with Gasteiger partial charge in [0.05, 0.1) is 11.3 Å². The molecule has 2 saturated carbocycles. The molecule has 1 aliphatic heterocycles. The third-order valence-electron chi connectivity index (χ3n) is 5.70. The number of rotatable bonds is 5. The Bertz CT molecular complexity index is 659. The average Bonchev–Trinajstić information content (AvgIpc) is 3.53. The van der Waals surface area contributed by atoms with Crippen LogP contribution in [0.2, 0.25) is 0 Å². The Kier molecular flexibility index (Phi) is 4.50. The molecule has 1 aromatic carbocycles. The average molecular weight is 341 g/mol. The van der Waals surface area contributed by atoms with Gasteiger partial charge in [-0.1, -0.05) is 12.1 Å². The summed E-state index contributed by atoms with van der Waals surface area (Å²) in [7, 11) is 1.78. The van der Waals surface area contributed by atoms with Crippen molar-refractivity contribution in [3.63, 3.8) is 0 Å². The zero-order chi connectivity index (χ0) is 17.4. The van der Waals surface area contributed by atoms with E-state index >= 15 is 0 Å². The lowest BCUT2D eigenvalue weighted by Gasteiger charge is -2.32. The lowest BCUT2D eigenvalue weighted by atomic mass is 10.0. The van der Waals surface area contributed by atoms with E-state index in [0.717, 1.165) is 44.8 Å². The van der Waals surface area contributed by atoms with Gasteiger partial charge < -0.3 is 15.1 Å². The van der Waals surface area contributed by atoms with Crippen molar-refractivity contribution < 1.29 is 9.59 Å². The molecule has 5 nitrogen and oxygen atoms in total. The molecule has 25 heavy (non-hydrogen) atoms. The summed E-state index contributed by atoms with van der Waals surface area (Å²) in [5.74, 6) is 0.210. The van der Waals surface area contributed by atoms with Crippen molar-refractivity contribution in [1.29, 1.82) is 0 Å². The number of piperidine rings is 1. The minimum atomic E-state index is -0.0593. The molecule has 0 aromatic heterocycles. The fourth-order valence-electron chi connectivity index (χ4n) is 3.79.